The van der Waals surface area contributed by atoms with Gasteiger partial charge in [0.25, 0.3) is 0 Å². The second-order valence-corrected chi connectivity index (χ2v) is 22.7. The Kier molecular flexibility index (Phi) is 65.8. The van der Waals surface area contributed by atoms with E-state index in [0.29, 0.717) is 19.3 Å². The number of carbonyl (C=O) groups is 3. The summed E-state index contributed by atoms with van der Waals surface area (Å²) in [6, 6.07) is 0. The highest BCUT2D eigenvalue weighted by atomic mass is 16.6. The summed E-state index contributed by atoms with van der Waals surface area (Å²) in [4.78, 5) is 38.4. The lowest BCUT2D eigenvalue weighted by atomic mass is 10.0. The highest BCUT2D eigenvalue weighted by Crippen LogP contribution is 2.17. The Morgan fingerprint density at radius 3 is 0.756 bits per heavy atom. The Balaban J connectivity index is 4.35. The van der Waals surface area contributed by atoms with Gasteiger partial charge in [0.05, 0.1) is 0 Å². The van der Waals surface area contributed by atoms with Crippen LogP contribution in [0.4, 0.5) is 0 Å². The molecule has 82 heavy (non-hydrogen) atoms. The lowest BCUT2D eigenvalue weighted by Gasteiger charge is -2.18. The number of rotatable bonds is 62. The van der Waals surface area contributed by atoms with Crippen molar-refractivity contribution in [1.82, 2.24) is 0 Å². The Bertz CT molecular complexity index is 1690. The number of esters is 3. The maximum absolute atomic E-state index is 12.9. The second-order valence-electron chi connectivity index (χ2n) is 22.7. The Morgan fingerprint density at radius 1 is 0.256 bits per heavy atom. The molecular weight excluding hydrogens is 1010 g/mol. The van der Waals surface area contributed by atoms with Gasteiger partial charge in [0.15, 0.2) is 6.10 Å². The Morgan fingerprint density at radius 2 is 0.476 bits per heavy atom. The summed E-state index contributed by atoms with van der Waals surface area (Å²) < 4.78 is 16.9. The van der Waals surface area contributed by atoms with E-state index in [2.05, 4.69) is 142 Å². The van der Waals surface area contributed by atoms with Crippen LogP contribution in [0.2, 0.25) is 0 Å². The number of hydrogen-bond acceptors (Lipinski definition) is 6. The molecule has 1 atom stereocenters. The highest BCUT2D eigenvalue weighted by molar-refractivity contribution is 5.71. The van der Waals surface area contributed by atoms with Crippen LogP contribution in [0, 0.1) is 0 Å². The molecule has 0 amide bonds. The molecule has 0 bridgehead atoms. The first-order chi connectivity index (χ1) is 40.5. The van der Waals surface area contributed by atoms with E-state index in [1.807, 2.05) is 0 Å². The summed E-state index contributed by atoms with van der Waals surface area (Å²) in [6.07, 6.45) is 96.6. The van der Waals surface area contributed by atoms with Crippen LogP contribution in [0.1, 0.15) is 323 Å². The van der Waals surface area contributed by atoms with Crippen molar-refractivity contribution in [1.29, 1.82) is 0 Å². The van der Waals surface area contributed by atoms with Crippen molar-refractivity contribution >= 4 is 17.9 Å². The molecule has 0 rings (SSSR count). The van der Waals surface area contributed by atoms with Crippen LogP contribution in [0.15, 0.2) is 122 Å². The van der Waals surface area contributed by atoms with Crippen molar-refractivity contribution in [2.24, 2.45) is 0 Å². The van der Waals surface area contributed by atoms with E-state index in [1.165, 1.54) is 135 Å². The smallest absolute Gasteiger partial charge is 0.306 e. The summed E-state index contributed by atoms with van der Waals surface area (Å²) in [7, 11) is 0. The predicted octanol–water partition coefficient (Wildman–Crippen LogP) is 23.9. The van der Waals surface area contributed by atoms with Crippen LogP contribution in [0.25, 0.3) is 0 Å². The monoisotopic (exact) mass is 1140 g/mol. The topological polar surface area (TPSA) is 78.9 Å². The summed E-state index contributed by atoms with van der Waals surface area (Å²) in [5, 5.41) is 0. The van der Waals surface area contributed by atoms with E-state index < -0.39 is 6.10 Å². The van der Waals surface area contributed by atoms with E-state index in [0.717, 1.165) is 148 Å². The predicted molar refractivity (Wildman–Crippen MR) is 357 cm³/mol. The number of ether oxygens (including phenoxy) is 3. The van der Waals surface area contributed by atoms with Gasteiger partial charge in [-0.25, -0.2) is 0 Å². The Labute approximate surface area is 507 Å². The summed E-state index contributed by atoms with van der Waals surface area (Å²) >= 11 is 0. The molecule has 6 nitrogen and oxygen atoms in total. The molecule has 0 saturated heterocycles. The van der Waals surface area contributed by atoms with Crippen molar-refractivity contribution in [3.8, 4) is 0 Å². The van der Waals surface area contributed by atoms with Gasteiger partial charge < -0.3 is 14.2 Å². The van der Waals surface area contributed by atoms with E-state index >= 15 is 0 Å². The fraction of sp³-hybridized carbons (Fsp3) is 0.697. The zero-order valence-corrected chi connectivity index (χ0v) is 53.7. The average Bonchev–Trinajstić information content (AvgIpc) is 3.47. The SMILES string of the molecule is CC/C=C\C/C=C\C/C=C\C/C=C\C/C=C\C/C=C\C/C=C\CCCCCCCC(=O)OCC(COC(=O)CCCCC/C=C\C/C=C\C/C=C\CC)OC(=O)CCCCCCCCCCCCCCCCCCCCCCCCCC. The molecule has 0 heterocycles. The molecule has 0 aromatic carbocycles. The van der Waals surface area contributed by atoms with Gasteiger partial charge in [-0.3, -0.25) is 14.4 Å². The lowest BCUT2D eigenvalue weighted by Crippen LogP contribution is -2.30. The van der Waals surface area contributed by atoms with E-state index in [-0.39, 0.29) is 31.1 Å². The van der Waals surface area contributed by atoms with Crippen LogP contribution in [-0.2, 0) is 28.6 Å². The van der Waals surface area contributed by atoms with Crippen LogP contribution < -0.4 is 0 Å². The van der Waals surface area contributed by atoms with Crippen molar-refractivity contribution in [2.45, 2.75) is 329 Å². The minimum atomic E-state index is -0.802. The third kappa shape index (κ3) is 66.6. The van der Waals surface area contributed by atoms with Crippen LogP contribution in [0.3, 0.4) is 0 Å². The third-order valence-electron chi connectivity index (χ3n) is 14.7. The number of hydrogen-bond donors (Lipinski definition) is 0. The third-order valence-corrected chi connectivity index (χ3v) is 14.7. The molecule has 6 heteroatoms. The normalized spacial score (nSPS) is 12.9. The summed E-state index contributed by atoms with van der Waals surface area (Å²) in [6.45, 7) is 6.40. The molecule has 0 aliphatic rings. The maximum atomic E-state index is 12.9. The van der Waals surface area contributed by atoms with Gasteiger partial charge in [-0.2, -0.15) is 0 Å². The van der Waals surface area contributed by atoms with Gasteiger partial charge in [-0.05, 0) is 109 Å². The van der Waals surface area contributed by atoms with E-state index in [4.69, 9.17) is 14.2 Å². The van der Waals surface area contributed by atoms with Gasteiger partial charge in [0.2, 0.25) is 0 Å². The molecule has 0 aromatic heterocycles. The fourth-order valence-corrected chi connectivity index (χ4v) is 9.62. The zero-order chi connectivity index (χ0) is 59.2. The minimum absolute atomic E-state index is 0.0981. The molecule has 468 valence electrons. The van der Waals surface area contributed by atoms with Crippen LogP contribution in [0.5, 0.6) is 0 Å². The number of carbonyl (C=O) groups excluding carboxylic acids is 3. The number of allylic oxidation sites excluding steroid dienone is 20. The zero-order valence-electron chi connectivity index (χ0n) is 53.7. The van der Waals surface area contributed by atoms with Crippen LogP contribution in [-0.4, -0.2) is 37.2 Å². The van der Waals surface area contributed by atoms with E-state index in [9.17, 15) is 14.4 Å². The van der Waals surface area contributed by atoms with Gasteiger partial charge >= 0.3 is 17.9 Å². The van der Waals surface area contributed by atoms with Crippen molar-refractivity contribution in [2.75, 3.05) is 13.2 Å². The molecule has 0 N–H and O–H groups in total. The van der Waals surface area contributed by atoms with Gasteiger partial charge in [0, 0.05) is 19.3 Å². The molecule has 0 saturated carbocycles. The molecule has 0 fully saturated rings. The molecule has 0 aliphatic carbocycles. The van der Waals surface area contributed by atoms with Crippen LogP contribution >= 0.6 is 0 Å². The summed E-state index contributed by atoms with van der Waals surface area (Å²) in [5.74, 6) is -0.934. The maximum Gasteiger partial charge on any atom is 0.306 e. The van der Waals surface area contributed by atoms with Crippen molar-refractivity contribution < 1.29 is 28.6 Å². The Hall–Kier alpha value is -4.19. The standard InChI is InChI=1S/C76H128O6/c1-4-7-10-13-16-19-22-25-27-29-31-33-35-37-38-39-41-42-44-46-48-51-54-57-60-63-66-69-75(78)81-72-73(71-80-74(77)68-65-62-59-56-53-50-24-21-18-15-12-9-6-3)82-76(79)70-67-64-61-58-55-52-49-47-45-43-40-36-34-32-30-28-26-23-20-17-14-11-8-5-2/h7,9-10,12,16,18-19,21,25,27,31,33,37-38,41-42,46,48,50,53,73H,4-6,8,11,13-15,17,20,22-24,26,28-30,32,34-36,39-40,43-45,47,49,51-52,54-72H2,1-3H3/b10-7-,12-9-,19-16-,21-18-,27-25-,33-31-,38-37-,42-41-,48-46-,53-50-. The molecule has 0 spiro atoms. The number of unbranched alkanes of at least 4 members (excludes halogenated alkanes) is 31. The first kappa shape index (κ1) is 77.8. The quantitative estimate of drug-likeness (QED) is 0.0261. The molecule has 0 aromatic rings. The van der Waals surface area contributed by atoms with Crippen molar-refractivity contribution in [3.63, 3.8) is 0 Å². The first-order valence-electron chi connectivity index (χ1n) is 34.5. The largest absolute Gasteiger partial charge is 0.462 e. The van der Waals surface area contributed by atoms with Gasteiger partial charge in [-0.15, -0.1) is 0 Å². The van der Waals surface area contributed by atoms with Crippen molar-refractivity contribution in [3.05, 3.63) is 122 Å². The highest BCUT2D eigenvalue weighted by Gasteiger charge is 2.19. The fourth-order valence-electron chi connectivity index (χ4n) is 9.62. The van der Waals surface area contributed by atoms with Gasteiger partial charge in [-0.1, -0.05) is 316 Å². The minimum Gasteiger partial charge on any atom is -0.462 e. The lowest BCUT2D eigenvalue weighted by molar-refractivity contribution is -0.167. The molecule has 1 unspecified atom stereocenters. The first-order valence-corrected chi connectivity index (χ1v) is 34.5. The molecule has 0 radical (unpaired) electrons. The molecular formula is C76H128O6. The average molecular weight is 1140 g/mol. The van der Waals surface area contributed by atoms with Gasteiger partial charge in [0.1, 0.15) is 13.2 Å². The van der Waals surface area contributed by atoms with E-state index in [1.54, 1.807) is 0 Å². The summed E-state index contributed by atoms with van der Waals surface area (Å²) in [5.41, 5.74) is 0. The molecule has 0 aliphatic heterocycles. The second kappa shape index (κ2) is 69.3.